The number of rotatable bonds is 5. The van der Waals surface area contributed by atoms with Crippen LogP contribution in [0.25, 0.3) is 0 Å². The fourth-order valence-corrected chi connectivity index (χ4v) is 3.81. The van der Waals surface area contributed by atoms with Crippen molar-refractivity contribution in [1.29, 1.82) is 0 Å². The third-order valence-corrected chi connectivity index (χ3v) is 5.52. The molecule has 2 N–H and O–H groups in total. The second kappa shape index (κ2) is 7.44. The highest BCUT2D eigenvalue weighted by atomic mass is 32.2. The molecule has 0 aromatic heterocycles. The number of ether oxygens (including phenoxy) is 2. The first kappa shape index (κ1) is 18.8. The van der Waals surface area contributed by atoms with Crippen LogP contribution in [0.4, 0.5) is 15.8 Å². The van der Waals surface area contributed by atoms with Gasteiger partial charge in [-0.15, -0.1) is 0 Å². The van der Waals surface area contributed by atoms with E-state index in [0.29, 0.717) is 22.7 Å². The molecule has 1 heterocycles. The predicted octanol–water partition coefficient (Wildman–Crippen LogP) is 3.61. The number of nitrogens with one attached hydrogen (secondary N) is 2. The van der Waals surface area contributed by atoms with Gasteiger partial charge in [0.2, 0.25) is 6.79 Å². The first-order valence-corrected chi connectivity index (χ1v) is 9.98. The first-order chi connectivity index (χ1) is 13.9. The van der Waals surface area contributed by atoms with Crippen LogP contribution in [0.15, 0.2) is 71.6 Å². The molecule has 0 fully saturated rings. The fourth-order valence-electron chi connectivity index (χ4n) is 2.72. The van der Waals surface area contributed by atoms with Crippen LogP contribution in [0.1, 0.15) is 10.4 Å². The zero-order chi connectivity index (χ0) is 20.4. The van der Waals surface area contributed by atoms with Crippen LogP contribution < -0.4 is 19.5 Å². The summed E-state index contributed by atoms with van der Waals surface area (Å²) in [7, 11) is -3.94. The minimum absolute atomic E-state index is 0.139. The summed E-state index contributed by atoms with van der Waals surface area (Å²) in [6.07, 6.45) is 0. The van der Waals surface area contributed by atoms with Gasteiger partial charge in [0.25, 0.3) is 15.9 Å². The number of carbonyl (C=O) groups excluding carboxylic acids is 1. The van der Waals surface area contributed by atoms with Gasteiger partial charge >= 0.3 is 0 Å². The van der Waals surface area contributed by atoms with E-state index in [1.807, 2.05) is 0 Å². The standard InChI is InChI=1S/C20H15FN2O5S/c21-14-2-1-3-17(10-14)29(25,26)23-15-6-4-13(5-7-15)20(24)22-16-8-9-18-19(11-16)28-12-27-18/h1-11,23H,12H2,(H,22,24). The monoisotopic (exact) mass is 414 g/mol. The summed E-state index contributed by atoms with van der Waals surface area (Å²) in [6, 6.07) is 15.6. The Labute approximate surface area is 166 Å². The minimum atomic E-state index is -3.94. The Kier molecular flexibility index (Phi) is 4.81. The third-order valence-electron chi connectivity index (χ3n) is 4.14. The van der Waals surface area contributed by atoms with Crippen molar-refractivity contribution in [3.63, 3.8) is 0 Å². The van der Waals surface area contributed by atoms with Crippen LogP contribution in [-0.4, -0.2) is 21.1 Å². The normalized spacial score (nSPS) is 12.4. The van der Waals surface area contributed by atoms with Crippen molar-refractivity contribution in [3.05, 3.63) is 78.1 Å². The smallest absolute Gasteiger partial charge is 0.261 e. The van der Waals surface area contributed by atoms with E-state index < -0.39 is 15.8 Å². The molecule has 0 saturated heterocycles. The van der Waals surface area contributed by atoms with E-state index in [2.05, 4.69) is 10.0 Å². The van der Waals surface area contributed by atoms with E-state index in [-0.39, 0.29) is 23.3 Å². The summed E-state index contributed by atoms with van der Waals surface area (Å²) in [5.74, 6) is 0.134. The molecule has 29 heavy (non-hydrogen) atoms. The topological polar surface area (TPSA) is 93.7 Å². The number of anilines is 2. The molecule has 1 amide bonds. The molecule has 0 atom stereocenters. The lowest BCUT2D eigenvalue weighted by Crippen LogP contribution is -2.14. The molecule has 9 heteroatoms. The van der Waals surface area contributed by atoms with Gasteiger partial charge in [0, 0.05) is 23.0 Å². The van der Waals surface area contributed by atoms with Crippen LogP contribution in [-0.2, 0) is 10.0 Å². The Morgan fingerprint density at radius 3 is 2.38 bits per heavy atom. The SMILES string of the molecule is O=C(Nc1ccc2c(c1)OCO2)c1ccc(NS(=O)(=O)c2cccc(F)c2)cc1. The quantitative estimate of drug-likeness (QED) is 0.665. The van der Waals surface area contributed by atoms with Gasteiger partial charge < -0.3 is 14.8 Å². The third kappa shape index (κ3) is 4.14. The van der Waals surface area contributed by atoms with Crippen LogP contribution in [0.3, 0.4) is 0 Å². The summed E-state index contributed by atoms with van der Waals surface area (Å²) in [5, 5.41) is 2.73. The van der Waals surface area contributed by atoms with Crippen molar-refractivity contribution in [2.45, 2.75) is 4.90 Å². The molecule has 4 rings (SSSR count). The fraction of sp³-hybridized carbons (Fsp3) is 0.0500. The molecule has 3 aromatic carbocycles. The van der Waals surface area contributed by atoms with Gasteiger partial charge in [-0.3, -0.25) is 9.52 Å². The van der Waals surface area contributed by atoms with Gasteiger partial charge in [0.15, 0.2) is 11.5 Å². The van der Waals surface area contributed by atoms with Crippen molar-refractivity contribution < 1.29 is 27.1 Å². The van der Waals surface area contributed by atoms with Gasteiger partial charge in [-0.05, 0) is 54.6 Å². The maximum Gasteiger partial charge on any atom is 0.261 e. The van der Waals surface area contributed by atoms with Gasteiger partial charge in [-0.2, -0.15) is 0 Å². The highest BCUT2D eigenvalue weighted by Crippen LogP contribution is 2.34. The Hall–Kier alpha value is -3.59. The minimum Gasteiger partial charge on any atom is -0.454 e. The van der Waals surface area contributed by atoms with Crippen LogP contribution >= 0.6 is 0 Å². The number of halogens is 1. The van der Waals surface area contributed by atoms with E-state index in [1.165, 1.54) is 36.4 Å². The highest BCUT2D eigenvalue weighted by molar-refractivity contribution is 7.92. The van der Waals surface area contributed by atoms with Crippen molar-refractivity contribution in [3.8, 4) is 11.5 Å². The number of hydrogen-bond acceptors (Lipinski definition) is 5. The molecule has 0 spiro atoms. The molecule has 0 bridgehead atoms. The Morgan fingerprint density at radius 1 is 0.897 bits per heavy atom. The zero-order valence-electron chi connectivity index (χ0n) is 14.9. The molecule has 0 saturated carbocycles. The van der Waals surface area contributed by atoms with Gasteiger partial charge in [0.1, 0.15) is 5.82 Å². The second-order valence-electron chi connectivity index (χ2n) is 6.16. The molecule has 0 radical (unpaired) electrons. The number of sulfonamides is 1. The number of fused-ring (bicyclic) bond motifs is 1. The lowest BCUT2D eigenvalue weighted by atomic mass is 10.2. The summed E-state index contributed by atoms with van der Waals surface area (Å²) in [5.41, 5.74) is 1.11. The van der Waals surface area contributed by atoms with E-state index in [1.54, 1.807) is 18.2 Å². The van der Waals surface area contributed by atoms with Crippen molar-refractivity contribution in [1.82, 2.24) is 0 Å². The average Bonchev–Trinajstić information content (AvgIpc) is 3.16. The predicted molar refractivity (Wildman–Crippen MR) is 104 cm³/mol. The van der Waals surface area contributed by atoms with Crippen molar-refractivity contribution >= 4 is 27.3 Å². The lowest BCUT2D eigenvalue weighted by molar-refractivity contribution is 0.102. The van der Waals surface area contributed by atoms with E-state index in [4.69, 9.17) is 9.47 Å². The van der Waals surface area contributed by atoms with Gasteiger partial charge in [-0.1, -0.05) is 6.07 Å². The first-order valence-electron chi connectivity index (χ1n) is 8.50. The molecular weight excluding hydrogens is 399 g/mol. The molecule has 0 aliphatic carbocycles. The molecular formula is C20H15FN2O5S. The lowest BCUT2D eigenvalue weighted by Gasteiger charge is -2.10. The van der Waals surface area contributed by atoms with Crippen molar-refractivity contribution in [2.24, 2.45) is 0 Å². The molecule has 3 aromatic rings. The van der Waals surface area contributed by atoms with E-state index in [9.17, 15) is 17.6 Å². The zero-order valence-corrected chi connectivity index (χ0v) is 15.7. The summed E-state index contributed by atoms with van der Waals surface area (Å²) in [4.78, 5) is 12.2. The van der Waals surface area contributed by atoms with Gasteiger partial charge in [-0.25, -0.2) is 12.8 Å². The molecule has 7 nitrogen and oxygen atoms in total. The summed E-state index contributed by atoms with van der Waals surface area (Å²) >= 11 is 0. The van der Waals surface area contributed by atoms with E-state index >= 15 is 0 Å². The molecule has 148 valence electrons. The Balaban J connectivity index is 1.45. The maximum atomic E-state index is 13.3. The number of amides is 1. The largest absolute Gasteiger partial charge is 0.454 e. The second-order valence-corrected chi connectivity index (χ2v) is 7.84. The highest BCUT2D eigenvalue weighted by Gasteiger charge is 2.16. The molecule has 1 aliphatic heterocycles. The van der Waals surface area contributed by atoms with Crippen LogP contribution in [0.2, 0.25) is 0 Å². The average molecular weight is 414 g/mol. The number of benzene rings is 3. The maximum absolute atomic E-state index is 13.3. The summed E-state index contributed by atoms with van der Waals surface area (Å²) < 4.78 is 50.8. The van der Waals surface area contributed by atoms with Crippen LogP contribution in [0, 0.1) is 5.82 Å². The van der Waals surface area contributed by atoms with E-state index in [0.717, 1.165) is 12.1 Å². The summed E-state index contributed by atoms with van der Waals surface area (Å²) in [6.45, 7) is 0.139. The van der Waals surface area contributed by atoms with Crippen LogP contribution in [0.5, 0.6) is 11.5 Å². The Morgan fingerprint density at radius 2 is 1.62 bits per heavy atom. The molecule has 0 unspecified atom stereocenters. The van der Waals surface area contributed by atoms with Gasteiger partial charge in [0.05, 0.1) is 4.90 Å². The Bertz CT molecular complexity index is 1180. The molecule has 1 aliphatic rings. The van der Waals surface area contributed by atoms with Crippen molar-refractivity contribution in [2.75, 3.05) is 16.8 Å². The number of hydrogen-bond donors (Lipinski definition) is 2. The number of carbonyl (C=O) groups is 1.